The van der Waals surface area contributed by atoms with Crippen LogP contribution in [0.1, 0.15) is 26.2 Å². The van der Waals surface area contributed by atoms with Crippen LogP contribution in [0.3, 0.4) is 0 Å². The molecule has 1 radical (unpaired) electrons. The fourth-order valence-electron chi connectivity index (χ4n) is 1.52. The standard InChI is InChI=1S/C8H16NO/c1-7(10)6-8-2-4-9-5-3-8/h7-8,10H,2-6H2,1H3. The van der Waals surface area contributed by atoms with E-state index in [1.54, 1.807) is 0 Å². The molecule has 0 aliphatic carbocycles. The smallest absolute Gasteiger partial charge is 0.0514 e. The van der Waals surface area contributed by atoms with Crippen LogP contribution in [-0.2, 0) is 0 Å². The van der Waals surface area contributed by atoms with Crippen LogP contribution in [-0.4, -0.2) is 24.3 Å². The van der Waals surface area contributed by atoms with Gasteiger partial charge < -0.3 is 5.11 Å². The molecule has 1 atom stereocenters. The summed E-state index contributed by atoms with van der Waals surface area (Å²) < 4.78 is 0. The Morgan fingerprint density at radius 2 is 2.10 bits per heavy atom. The molecular weight excluding hydrogens is 126 g/mol. The van der Waals surface area contributed by atoms with Crippen LogP contribution in [0.15, 0.2) is 0 Å². The maximum absolute atomic E-state index is 9.07. The summed E-state index contributed by atoms with van der Waals surface area (Å²) in [5.41, 5.74) is 0. The lowest BCUT2D eigenvalue weighted by Crippen LogP contribution is -2.24. The molecule has 0 saturated carbocycles. The molecule has 1 fully saturated rings. The van der Waals surface area contributed by atoms with Crippen LogP contribution in [0.5, 0.6) is 0 Å². The van der Waals surface area contributed by atoms with Gasteiger partial charge in [-0.25, -0.2) is 5.32 Å². The minimum Gasteiger partial charge on any atom is -0.393 e. The summed E-state index contributed by atoms with van der Waals surface area (Å²) in [6.45, 7) is 3.89. The minimum atomic E-state index is -0.122. The normalized spacial score (nSPS) is 24.6. The van der Waals surface area contributed by atoms with Crippen molar-refractivity contribution < 1.29 is 5.11 Å². The Morgan fingerprint density at radius 3 is 2.60 bits per heavy atom. The minimum absolute atomic E-state index is 0.122. The Kier molecular flexibility index (Phi) is 3.16. The second-order valence-electron chi connectivity index (χ2n) is 3.20. The van der Waals surface area contributed by atoms with Crippen LogP contribution in [0.2, 0.25) is 0 Å². The molecule has 2 heteroatoms. The van der Waals surface area contributed by atoms with E-state index < -0.39 is 0 Å². The van der Waals surface area contributed by atoms with Crippen LogP contribution in [0.4, 0.5) is 0 Å². The molecule has 1 N–H and O–H groups in total. The van der Waals surface area contributed by atoms with Crippen molar-refractivity contribution in [1.29, 1.82) is 0 Å². The second-order valence-corrected chi connectivity index (χ2v) is 3.20. The first-order chi connectivity index (χ1) is 4.79. The van der Waals surface area contributed by atoms with Crippen LogP contribution in [0.25, 0.3) is 0 Å². The topological polar surface area (TPSA) is 34.3 Å². The van der Waals surface area contributed by atoms with Gasteiger partial charge in [0.05, 0.1) is 6.10 Å². The van der Waals surface area contributed by atoms with Crippen LogP contribution < -0.4 is 5.32 Å². The fourth-order valence-corrected chi connectivity index (χ4v) is 1.52. The van der Waals surface area contributed by atoms with Gasteiger partial charge in [-0.15, -0.1) is 0 Å². The van der Waals surface area contributed by atoms with Gasteiger partial charge in [0, 0.05) is 13.1 Å². The quantitative estimate of drug-likeness (QED) is 0.607. The van der Waals surface area contributed by atoms with Gasteiger partial charge in [-0.3, -0.25) is 0 Å². The van der Waals surface area contributed by atoms with E-state index in [1.165, 1.54) is 12.8 Å². The number of piperidine rings is 1. The van der Waals surface area contributed by atoms with Crippen molar-refractivity contribution in [2.45, 2.75) is 32.3 Å². The zero-order valence-electron chi connectivity index (χ0n) is 6.58. The SMILES string of the molecule is CC(O)CC1CC[N]CC1. The maximum atomic E-state index is 9.07. The van der Waals surface area contributed by atoms with Gasteiger partial charge in [0.25, 0.3) is 0 Å². The van der Waals surface area contributed by atoms with Gasteiger partial charge in [-0.1, -0.05) is 0 Å². The van der Waals surface area contributed by atoms with Crippen LogP contribution in [0, 0.1) is 5.92 Å². The molecule has 1 heterocycles. The van der Waals surface area contributed by atoms with Crippen molar-refractivity contribution in [3.63, 3.8) is 0 Å². The van der Waals surface area contributed by atoms with Crippen LogP contribution >= 0.6 is 0 Å². The molecule has 0 aromatic heterocycles. The van der Waals surface area contributed by atoms with E-state index in [1.807, 2.05) is 6.92 Å². The zero-order chi connectivity index (χ0) is 7.40. The summed E-state index contributed by atoms with van der Waals surface area (Å²) in [7, 11) is 0. The third kappa shape index (κ3) is 2.67. The molecular formula is C8H16NO. The summed E-state index contributed by atoms with van der Waals surface area (Å²) in [5, 5.41) is 13.3. The van der Waals surface area contributed by atoms with Crippen molar-refractivity contribution in [2.24, 2.45) is 5.92 Å². The Hall–Kier alpha value is -0.0800. The van der Waals surface area contributed by atoms with Crippen molar-refractivity contribution >= 4 is 0 Å². The van der Waals surface area contributed by atoms with Gasteiger partial charge in [-0.05, 0) is 32.1 Å². The van der Waals surface area contributed by atoms with Crippen molar-refractivity contribution in [2.75, 3.05) is 13.1 Å². The first-order valence-corrected chi connectivity index (χ1v) is 4.10. The third-order valence-corrected chi connectivity index (χ3v) is 2.07. The average molecular weight is 142 g/mol. The number of hydrogen-bond donors (Lipinski definition) is 1. The molecule has 10 heavy (non-hydrogen) atoms. The fraction of sp³-hybridized carbons (Fsp3) is 1.00. The molecule has 1 aliphatic rings. The Balaban J connectivity index is 2.13. The van der Waals surface area contributed by atoms with E-state index in [0.29, 0.717) is 0 Å². The summed E-state index contributed by atoms with van der Waals surface area (Å²) in [6.07, 6.45) is 3.22. The van der Waals surface area contributed by atoms with E-state index in [-0.39, 0.29) is 6.10 Å². The highest BCUT2D eigenvalue weighted by molar-refractivity contribution is 4.69. The number of rotatable bonds is 2. The molecule has 1 aliphatic heterocycles. The first-order valence-electron chi connectivity index (χ1n) is 4.10. The molecule has 1 unspecified atom stereocenters. The van der Waals surface area contributed by atoms with Gasteiger partial charge in [-0.2, -0.15) is 0 Å². The average Bonchev–Trinajstić information content (AvgIpc) is 1.88. The first kappa shape index (κ1) is 8.02. The summed E-state index contributed by atoms with van der Waals surface area (Å²) in [4.78, 5) is 0. The molecule has 2 nitrogen and oxygen atoms in total. The number of aliphatic hydroxyl groups excluding tert-OH is 1. The van der Waals surface area contributed by atoms with E-state index >= 15 is 0 Å². The molecule has 0 spiro atoms. The van der Waals surface area contributed by atoms with E-state index in [9.17, 15) is 0 Å². The molecule has 0 bridgehead atoms. The summed E-state index contributed by atoms with van der Waals surface area (Å²) in [6, 6.07) is 0. The number of aliphatic hydroxyl groups is 1. The van der Waals surface area contributed by atoms with Gasteiger partial charge >= 0.3 is 0 Å². The highest BCUT2D eigenvalue weighted by Gasteiger charge is 2.14. The molecule has 0 aromatic carbocycles. The van der Waals surface area contributed by atoms with Crippen molar-refractivity contribution in [3.05, 3.63) is 0 Å². The van der Waals surface area contributed by atoms with Crippen molar-refractivity contribution in [1.82, 2.24) is 5.32 Å². The second kappa shape index (κ2) is 3.94. The highest BCUT2D eigenvalue weighted by atomic mass is 16.3. The van der Waals surface area contributed by atoms with E-state index in [2.05, 4.69) is 5.32 Å². The predicted molar refractivity (Wildman–Crippen MR) is 40.9 cm³/mol. The molecule has 1 rings (SSSR count). The predicted octanol–water partition coefficient (Wildman–Crippen LogP) is 0.772. The lowest BCUT2D eigenvalue weighted by molar-refractivity contribution is 0.149. The van der Waals surface area contributed by atoms with Gasteiger partial charge in [0.15, 0.2) is 0 Å². The summed E-state index contributed by atoms with van der Waals surface area (Å²) >= 11 is 0. The highest BCUT2D eigenvalue weighted by Crippen LogP contribution is 2.17. The Bertz CT molecular complexity index is 87.3. The van der Waals surface area contributed by atoms with E-state index in [4.69, 9.17) is 5.11 Å². The van der Waals surface area contributed by atoms with Gasteiger partial charge in [0.2, 0.25) is 0 Å². The lowest BCUT2D eigenvalue weighted by Gasteiger charge is -2.22. The summed E-state index contributed by atoms with van der Waals surface area (Å²) in [5.74, 6) is 0.734. The number of nitrogens with zero attached hydrogens (tertiary/aromatic N) is 1. The number of hydrogen-bond acceptors (Lipinski definition) is 1. The molecule has 59 valence electrons. The van der Waals surface area contributed by atoms with E-state index in [0.717, 1.165) is 25.4 Å². The lowest BCUT2D eigenvalue weighted by atomic mass is 9.93. The molecule has 0 amide bonds. The Morgan fingerprint density at radius 1 is 1.50 bits per heavy atom. The van der Waals surface area contributed by atoms with Crippen molar-refractivity contribution in [3.8, 4) is 0 Å². The Labute approximate surface area is 62.6 Å². The maximum Gasteiger partial charge on any atom is 0.0514 e. The third-order valence-electron chi connectivity index (χ3n) is 2.07. The zero-order valence-corrected chi connectivity index (χ0v) is 6.58. The monoisotopic (exact) mass is 142 g/mol. The molecule has 1 saturated heterocycles. The molecule has 0 aromatic rings. The van der Waals surface area contributed by atoms with Gasteiger partial charge in [0.1, 0.15) is 0 Å². The largest absolute Gasteiger partial charge is 0.393 e.